The van der Waals surface area contributed by atoms with Crippen LogP contribution in [-0.4, -0.2) is 30.4 Å². The molecule has 1 aliphatic rings. The smallest absolute Gasteiger partial charge is 0.307 e. The lowest BCUT2D eigenvalue weighted by atomic mass is 10.00. The molecule has 3 rings (SSSR count). The first-order valence-corrected chi connectivity index (χ1v) is 9.37. The molecule has 1 amide bonds. The second-order valence-electron chi connectivity index (χ2n) is 6.19. The summed E-state index contributed by atoms with van der Waals surface area (Å²) in [6, 6.07) is 14.9. The van der Waals surface area contributed by atoms with Crippen molar-refractivity contribution >= 4 is 34.9 Å². The van der Waals surface area contributed by atoms with Crippen molar-refractivity contribution in [1.82, 2.24) is 0 Å². The zero-order chi connectivity index (χ0) is 19.4. The van der Waals surface area contributed by atoms with E-state index in [4.69, 9.17) is 16.3 Å². The van der Waals surface area contributed by atoms with Gasteiger partial charge in [-0.25, -0.2) is 4.99 Å². The van der Waals surface area contributed by atoms with Gasteiger partial charge in [-0.15, -0.1) is 0 Å². The van der Waals surface area contributed by atoms with E-state index >= 15 is 0 Å². The van der Waals surface area contributed by atoms with Crippen LogP contribution in [-0.2, 0) is 14.3 Å². The maximum Gasteiger partial charge on any atom is 0.307 e. The van der Waals surface area contributed by atoms with Crippen LogP contribution in [0.5, 0.6) is 0 Å². The number of ether oxygens (including phenoxy) is 1. The third-order valence-corrected chi connectivity index (χ3v) is 4.49. The maximum atomic E-state index is 13.1. The number of amides is 1. The minimum absolute atomic E-state index is 0.173. The molecule has 6 heteroatoms. The van der Waals surface area contributed by atoms with Crippen molar-refractivity contribution in [2.24, 2.45) is 4.99 Å². The molecule has 0 N–H and O–H groups in total. The third kappa shape index (κ3) is 4.03. The van der Waals surface area contributed by atoms with Gasteiger partial charge in [0.05, 0.1) is 11.4 Å². The zero-order valence-corrected chi connectivity index (χ0v) is 16.1. The van der Waals surface area contributed by atoms with E-state index in [1.165, 1.54) is 0 Å². The summed E-state index contributed by atoms with van der Waals surface area (Å²) in [5, 5.41) is 0.547. The molecule has 27 heavy (non-hydrogen) atoms. The van der Waals surface area contributed by atoms with E-state index in [1.54, 1.807) is 24.0 Å². The predicted molar refractivity (Wildman–Crippen MR) is 106 cm³/mol. The maximum absolute atomic E-state index is 13.1. The topological polar surface area (TPSA) is 59.0 Å². The number of anilines is 1. The number of hydrogen-bond donors (Lipinski definition) is 0. The van der Waals surface area contributed by atoms with Gasteiger partial charge < -0.3 is 9.64 Å². The third-order valence-electron chi connectivity index (χ3n) is 4.25. The van der Waals surface area contributed by atoms with E-state index in [0.29, 0.717) is 23.0 Å². The van der Waals surface area contributed by atoms with E-state index in [2.05, 4.69) is 4.99 Å². The van der Waals surface area contributed by atoms with Crippen LogP contribution >= 0.6 is 11.6 Å². The molecule has 0 aliphatic carbocycles. The predicted octanol–water partition coefficient (Wildman–Crippen LogP) is 4.21. The Labute approximate surface area is 163 Å². The van der Waals surface area contributed by atoms with Crippen LogP contribution in [0.2, 0.25) is 5.02 Å². The molecule has 1 aliphatic heterocycles. The summed E-state index contributed by atoms with van der Waals surface area (Å²) in [5.41, 5.74) is 2.85. The number of rotatable bonds is 5. The number of esters is 1. The Morgan fingerprint density at radius 3 is 2.59 bits per heavy atom. The lowest BCUT2D eigenvalue weighted by Gasteiger charge is -2.24. The number of hydrogen-bond acceptors (Lipinski definition) is 4. The number of benzene rings is 2. The van der Waals surface area contributed by atoms with Gasteiger partial charge in [0, 0.05) is 29.1 Å². The van der Waals surface area contributed by atoms with E-state index in [9.17, 15) is 9.59 Å². The number of nitrogens with zero attached hydrogens (tertiary/aromatic N) is 2. The first-order valence-electron chi connectivity index (χ1n) is 8.99. The Bertz CT molecular complexity index is 880. The van der Waals surface area contributed by atoms with Crippen LogP contribution in [0.4, 0.5) is 5.69 Å². The van der Waals surface area contributed by atoms with Crippen LogP contribution < -0.4 is 4.90 Å². The standard InChI is InChI=1S/C21H21ClN2O3/c1-3-12-24-17-11-10-15(22)13-16(17)19(14-8-6-5-7-9-14)23-20(21(24)26)27-18(25)4-2/h5-11,13,20H,3-4,12H2,1-2H3. The molecular formula is C21H21ClN2O3. The molecule has 1 unspecified atom stereocenters. The van der Waals surface area contributed by atoms with Gasteiger partial charge in [-0.2, -0.15) is 0 Å². The van der Waals surface area contributed by atoms with Crippen LogP contribution in [0.1, 0.15) is 37.8 Å². The van der Waals surface area contributed by atoms with Crippen molar-refractivity contribution in [3.8, 4) is 0 Å². The molecule has 140 valence electrons. The molecule has 0 radical (unpaired) electrons. The summed E-state index contributed by atoms with van der Waals surface area (Å²) in [7, 11) is 0. The molecule has 1 heterocycles. The summed E-state index contributed by atoms with van der Waals surface area (Å²) >= 11 is 6.24. The quantitative estimate of drug-likeness (QED) is 0.725. The molecule has 2 aromatic carbocycles. The van der Waals surface area contributed by atoms with E-state index in [-0.39, 0.29) is 12.3 Å². The minimum atomic E-state index is -1.22. The fraction of sp³-hybridized carbons (Fsp3) is 0.286. The lowest BCUT2D eigenvalue weighted by Crippen LogP contribution is -2.40. The number of carbonyl (C=O) groups is 2. The fourth-order valence-corrected chi connectivity index (χ4v) is 3.16. The first-order chi connectivity index (χ1) is 13.0. The van der Waals surface area contributed by atoms with Crippen LogP contribution in [0.25, 0.3) is 0 Å². The number of aliphatic imine (C=N–C) groups is 1. The summed E-state index contributed by atoms with van der Waals surface area (Å²) in [6.07, 6.45) is -0.291. The number of carbonyl (C=O) groups excluding carboxylic acids is 2. The minimum Gasteiger partial charge on any atom is -0.430 e. The number of benzodiazepines with no additional fused rings is 1. The zero-order valence-electron chi connectivity index (χ0n) is 15.3. The van der Waals surface area contributed by atoms with Gasteiger partial charge in [0.25, 0.3) is 12.1 Å². The molecule has 0 fully saturated rings. The molecule has 1 atom stereocenters. The molecule has 0 aromatic heterocycles. The van der Waals surface area contributed by atoms with Crippen LogP contribution in [0.3, 0.4) is 0 Å². The van der Waals surface area contributed by atoms with Crippen molar-refractivity contribution < 1.29 is 14.3 Å². The second-order valence-corrected chi connectivity index (χ2v) is 6.63. The van der Waals surface area contributed by atoms with Crippen LogP contribution in [0, 0.1) is 0 Å². The van der Waals surface area contributed by atoms with Crippen molar-refractivity contribution in [3.05, 3.63) is 64.7 Å². The van der Waals surface area contributed by atoms with Crippen molar-refractivity contribution in [1.29, 1.82) is 0 Å². The van der Waals surface area contributed by atoms with Gasteiger partial charge >= 0.3 is 5.97 Å². The van der Waals surface area contributed by atoms with E-state index in [0.717, 1.165) is 17.5 Å². The highest BCUT2D eigenvalue weighted by Gasteiger charge is 2.34. The Hall–Kier alpha value is -2.66. The Balaban J connectivity index is 2.21. The number of fused-ring (bicyclic) bond motifs is 1. The van der Waals surface area contributed by atoms with Crippen LogP contribution in [0.15, 0.2) is 53.5 Å². The van der Waals surface area contributed by atoms with Gasteiger partial charge in [-0.1, -0.05) is 55.8 Å². The highest BCUT2D eigenvalue weighted by atomic mass is 35.5. The number of halogens is 1. The molecule has 0 saturated heterocycles. The first kappa shape index (κ1) is 19.1. The molecule has 0 saturated carbocycles. The summed E-state index contributed by atoms with van der Waals surface area (Å²) in [6.45, 7) is 4.16. The highest BCUT2D eigenvalue weighted by molar-refractivity contribution is 6.32. The van der Waals surface area contributed by atoms with Crippen molar-refractivity contribution in [2.45, 2.75) is 32.9 Å². The van der Waals surface area contributed by atoms with Gasteiger partial charge in [0.15, 0.2) is 0 Å². The average molecular weight is 385 g/mol. The van der Waals surface area contributed by atoms with Gasteiger partial charge in [0.1, 0.15) is 0 Å². The summed E-state index contributed by atoms with van der Waals surface area (Å²) < 4.78 is 5.37. The fourth-order valence-electron chi connectivity index (χ4n) is 2.99. The Kier molecular flexibility index (Phi) is 5.91. The van der Waals surface area contributed by atoms with Crippen molar-refractivity contribution in [3.63, 3.8) is 0 Å². The summed E-state index contributed by atoms with van der Waals surface area (Å²) in [4.78, 5) is 31.2. The average Bonchev–Trinajstić information content (AvgIpc) is 2.79. The summed E-state index contributed by atoms with van der Waals surface area (Å²) in [5.74, 6) is -0.821. The van der Waals surface area contributed by atoms with Gasteiger partial charge in [0.2, 0.25) is 0 Å². The molecule has 5 nitrogen and oxygen atoms in total. The molecular weight excluding hydrogens is 364 g/mol. The SMILES string of the molecule is CCCN1C(=O)C(OC(=O)CC)N=C(c2ccccc2)c2cc(Cl)ccc21. The largest absolute Gasteiger partial charge is 0.430 e. The lowest BCUT2D eigenvalue weighted by molar-refractivity contribution is -0.154. The van der Waals surface area contributed by atoms with Crippen molar-refractivity contribution in [2.75, 3.05) is 11.4 Å². The van der Waals surface area contributed by atoms with E-state index in [1.807, 2.05) is 43.3 Å². The Morgan fingerprint density at radius 1 is 1.19 bits per heavy atom. The molecule has 0 spiro atoms. The molecule has 0 bridgehead atoms. The monoisotopic (exact) mass is 384 g/mol. The second kappa shape index (κ2) is 8.35. The molecule has 2 aromatic rings. The highest BCUT2D eigenvalue weighted by Crippen LogP contribution is 2.31. The van der Waals surface area contributed by atoms with Gasteiger partial charge in [-0.3, -0.25) is 9.59 Å². The van der Waals surface area contributed by atoms with E-state index < -0.39 is 12.2 Å². The van der Waals surface area contributed by atoms with Gasteiger partial charge in [-0.05, 0) is 24.6 Å². The normalized spacial score (nSPS) is 16.4. The Morgan fingerprint density at radius 2 is 1.93 bits per heavy atom.